The Morgan fingerprint density at radius 2 is 2.00 bits per heavy atom. The van der Waals surface area contributed by atoms with Crippen molar-refractivity contribution < 1.29 is 23.1 Å². The molecule has 30 heavy (non-hydrogen) atoms. The van der Waals surface area contributed by atoms with Crippen LogP contribution in [0.5, 0.6) is 5.75 Å². The third-order valence-corrected chi connectivity index (χ3v) is 5.00. The van der Waals surface area contributed by atoms with Crippen LogP contribution in [-0.2, 0) is 22.7 Å². The van der Waals surface area contributed by atoms with Crippen LogP contribution in [0.2, 0.25) is 0 Å². The molecule has 9 heteroatoms. The van der Waals surface area contributed by atoms with E-state index in [9.17, 15) is 18.4 Å². The first-order valence-electron chi connectivity index (χ1n) is 9.54. The van der Waals surface area contributed by atoms with Crippen LogP contribution in [0.15, 0.2) is 48.5 Å². The van der Waals surface area contributed by atoms with Crippen LogP contribution in [0, 0.1) is 0 Å². The van der Waals surface area contributed by atoms with E-state index in [1.54, 1.807) is 12.1 Å². The summed E-state index contributed by atoms with van der Waals surface area (Å²) in [6.07, 6.45) is 0.715. The minimum atomic E-state index is -2.89. The number of para-hydroxylation sites is 2. The lowest BCUT2D eigenvalue weighted by Crippen LogP contribution is -2.44. The maximum Gasteiger partial charge on any atom is 0.387 e. The average Bonchev–Trinajstić information content (AvgIpc) is 3.30. The number of imidazole rings is 1. The fourth-order valence-electron chi connectivity index (χ4n) is 3.56. The number of alkyl halides is 2. The van der Waals surface area contributed by atoms with Gasteiger partial charge in [-0.2, -0.15) is 8.78 Å². The predicted molar refractivity (Wildman–Crippen MR) is 105 cm³/mol. The highest BCUT2D eigenvalue weighted by Gasteiger charge is 2.35. The number of fused-ring (bicyclic) bond motifs is 1. The van der Waals surface area contributed by atoms with Crippen LogP contribution >= 0.6 is 0 Å². The van der Waals surface area contributed by atoms with E-state index in [1.807, 2.05) is 24.3 Å². The van der Waals surface area contributed by atoms with Gasteiger partial charge in [-0.25, -0.2) is 4.98 Å². The molecule has 1 saturated heterocycles. The van der Waals surface area contributed by atoms with Gasteiger partial charge in [0.1, 0.15) is 17.6 Å². The fraction of sp³-hybridized carbons (Fsp3) is 0.286. The maximum absolute atomic E-state index is 12.7. The van der Waals surface area contributed by atoms with Crippen molar-refractivity contribution in [2.45, 2.75) is 38.6 Å². The topological polar surface area (TPSA) is 87.3 Å². The molecule has 0 aliphatic carbocycles. The van der Waals surface area contributed by atoms with E-state index >= 15 is 0 Å². The standard InChI is InChI=1S/C21H20F2N4O3/c22-21(23)30-14-7-5-13(6-8-14)12-27-17(9-10-19(27)28)20(29)24-11-18-25-15-3-1-2-4-16(15)26-18/h1-8,17,21H,9-12H2,(H,24,29)(H,25,26). The summed E-state index contributed by atoms with van der Waals surface area (Å²) < 4.78 is 28.9. The second-order valence-corrected chi connectivity index (χ2v) is 7.02. The number of hydrogen-bond acceptors (Lipinski definition) is 4. The van der Waals surface area contributed by atoms with Crippen molar-refractivity contribution in [3.05, 3.63) is 59.9 Å². The number of aromatic nitrogens is 2. The predicted octanol–water partition coefficient (Wildman–Crippen LogP) is 2.97. The molecule has 3 aromatic rings. The van der Waals surface area contributed by atoms with Gasteiger partial charge < -0.3 is 19.9 Å². The van der Waals surface area contributed by atoms with Gasteiger partial charge in [-0.05, 0) is 36.2 Å². The maximum atomic E-state index is 12.7. The van der Waals surface area contributed by atoms with Crippen molar-refractivity contribution in [2.24, 2.45) is 0 Å². The van der Waals surface area contributed by atoms with Gasteiger partial charge in [0.2, 0.25) is 11.8 Å². The summed E-state index contributed by atoms with van der Waals surface area (Å²) in [5.41, 5.74) is 2.43. The molecule has 0 radical (unpaired) electrons. The number of H-pyrrole nitrogens is 1. The highest BCUT2D eigenvalue weighted by molar-refractivity contribution is 5.90. The Kier molecular flexibility index (Phi) is 5.60. The molecule has 2 aromatic carbocycles. The molecule has 1 aliphatic rings. The number of carbonyl (C=O) groups is 2. The van der Waals surface area contributed by atoms with Crippen molar-refractivity contribution in [1.82, 2.24) is 20.2 Å². The van der Waals surface area contributed by atoms with Gasteiger partial charge >= 0.3 is 6.61 Å². The van der Waals surface area contributed by atoms with Crippen LogP contribution in [0.1, 0.15) is 24.2 Å². The summed E-state index contributed by atoms with van der Waals surface area (Å²) in [5.74, 6) is 0.308. The Balaban J connectivity index is 1.38. The molecule has 2 amide bonds. The number of hydrogen-bond donors (Lipinski definition) is 2. The molecule has 156 valence electrons. The summed E-state index contributed by atoms with van der Waals surface area (Å²) >= 11 is 0. The molecule has 1 aliphatic heterocycles. The minimum Gasteiger partial charge on any atom is -0.435 e. The number of benzene rings is 2. The van der Waals surface area contributed by atoms with Gasteiger partial charge in [0.25, 0.3) is 0 Å². The number of ether oxygens (including phenoxy) is 1. The highest BCUT2D eigenvalue weighted by Crippen LogP contribution is 2.23. The molecule has 0 spiro atoms. The summed E-state index contributed by atoms with van der Waals surface area (Å²) in [7, 11) is 0. The monoisotopic (exact) mass is 414 g/mol. The number of likely N-dealkylation sites (tertiary alicyclic amines) is 1. The Morgan fingerprint density at radius 1 is 1.23 bits per heavy atom. The second kappa shape index (κ2) is 8.48. The summed E-state index contributed by atoms with van der Waals surface area (Å²) in [6, 6.07) is 13.0. The van der Waals surface area contributed by atoms with Gasteiger partial charge in [0.05, 0.1) is 17.6 Å². The van der Waals surface area contributed by atoms with E-state index in [4.69, 9.17) is 0 Å². The van der Waals surface area contributed by atoms with E-state index in [0.717, 1.165) is 16.6 Å². The number of rotatable bonds is 7. The second-order valence-electron chi connectivity index (χ2n) is 7.02. The molecule has 1 aromatic heterocycles. The van der Waals surface area contributed by atoms with E-state index in [0.29, 0.717) is 12.2 Å². The molecule has 7 nitrogen and oxygen atoms in total. The van der Waals surface area contributed by atoms with E-state index in [2.05, 4.69) is 20.0 Å². The van der Waals surface area contributed by atoms with Crippen LogP contribution in [0.25, 0.3) is 11.0 Å². The van der Waals surface area contributed by atoms with E-state index in [-0.39, 0.29) is 37.1 Å². The quantitative estimate of drug-likeness (QED) is 0.622. The Bertz CT molecular complexity index is 1020. The van der Waals surface area contributed by atoms with Gasteiger partial charge in [-0.3, -0.25) is 9.59 Å². The first kappa shape index (κ1) is 19.8. The summed E-state index contributed by atoms with van der Waals surface area (Å²) in [5, 5.41) is 2.84. The lowest BCUT2D eigenvalue weighted by Gasteiger charge is -2.24. The van der Waals surface area contributed by atoms with Crippen LogP contribution in [0.3, 0.4) is 0 Å². The lowest BCUT2D eigenvalue weighted by molar-refractivity contribution is -0.135. The molecular weight excluding hydrogens is 394 g/mol. The SMILES string of the molecule is O=C(NCc1nc2ccccc2[nH]1)C1CCC(=O)N1Cc1ccc(OC(F)F)cc1. The van der Waals surface area contributed by atoms with Crippen LogP contribution < -0.4 is 10.1 Å². The van der Waals surface area contributed by atoms with Crippen LogP contribution in [0.4, 0.5) is 8.78 Å². The minimum absolute atomic E-state index is 0.0432. The summed E-state index contributed by atoms with van der Waals surface area (Å²) in [4.78, 5) is 34.1. The normalized spacial score (nSPS) is 16.4. The average molecular weight is 414 g/mol. The smallest absolute Gasteiger partial charge is 0.387 e. The van der Waals surface area contributed by atoms with Crippen molar-refractivity contribution in [3.8, 4) is 5.75 Å². The van der Waals surface area contributed by atoms with Gasteiger partial charge in [0, 0.05) is 13.0 Å². The fourth-order valence-corrected chi connectivity index (χ4v) is 3.56. The number of carbonyl (C=O) groups excluding carboxylic acids is 2. The number of amides is 2. The highest BCUT2D eigenvalue weighted by atomic mass is 19.3. The molecule has 0 bridgehead atoms. The van der Waals surface area contributed by atoms with Gasteiger partial charge in [-0.15, -0.1) is 0 Å². The summed E-state index contributed by atoms with van der Waals surface area (Å²) in [6.45, 7) is -2.45. The van der Waals surface area contributed by atoms with E-state index in [1.165, 1.54) is 17.0 Å². The lowest BCUT2D eigenvalue weighted by atomic mass is 10.1. The molecule has 1 unspecified atom stereocenters. The van der Waals surface area contributed by atoms with Crippen molar-refractivity contribution in [3.63, 3.8) is 0 Å². The largest absolute Gasteiger partial charge is 0.435 e. The first-order chi connectivity index (χ1) is 14.5. The van der Waals surface area contributed by atoms with Crippen LogP contribution in [-0.4, -0.2) is 39.3 Å². The molecular formula is C21H20F2N4O3. The Labute approximate surface area is 171 Å². The first-order valence-corrected chi connectivity index (χ1v) is 9.54. The third-order valence-electron chi connectivity index (χ3n) is 5.00. The molecule has 4 rings (SSSR count). The number of nitrogens with one attached hydrogen (secondary N) is 2. The number of nitrogens with zero attached hydrogens (tertiary/aromatic N) is 2. The molecule has 2 heterocycles. The zero-order chi connectivity index (χ0) is 21.1. The zero-order valence-corrected chi connectivity index (χ0v) is 16.0. The van der Waals surface area contributed by atoms with Crippen molar-refractivity contribution in [1.29, 1.82) is 0 Å². The zero-order valence-electron chi connectivity index (χ0n) is 16.0. The molecule has 1 fully saturated rings. The third kappa shape index (κ3) is 4.40. The van der Waals surface area contributed by atoms with Crippen molar-refractivity contribution in [2.75, 3.05) is 0 Å². The molecule has 0 saturated carbocycles. The molecule has 1 atom stereocenters. The number of aromatic amines is 1. The Hall–Kier alpha value is -3.49. The Morgan fingerprint density at radius 3 is 2.73 bits per heavy atom. The van der Waals surface area contributed by atoms with E-state index < -0.39 is 12.7 Å². The van der Waals surface area contributed by atoms with Gasteiger partial charge in [-0.1, -0.05) is 24.3 Å². The van der Waals surface area contributed by atoms with Crippen molar-refractivity contribution >= 4 is 22.8 Å². The molecule has 2 N–H and O–H groups in total. The van der Waals surface area contributed by atoms with Gasteiger partial charge in [0.15, 0.2) is 0 Å². The number of halogens is 2.